The van der Waals surface area contributed by atoms with E-state index in [0.29, 0.717) is 6.54 Å². The smallest absolute Gasteiger partial charge is 0.268 e. The Balaban J connectivity index is 1.92. The van der Waals surface area contributed by atoms with E-state index in [2.05, 4.69) is 28.9 Å². The Morgan fingerprint density at radius 3 is 2.50 bits per heavy atom. The van der Waals surface area contributed by atoms with E-state index in [-0.39, 0.29) is 5.91 Å². The van der Waals surface area contributed by atoms with Crippen molar-refractivity contribution in [2.75, 3.05) is 0 Å². The summed E-state index contributed by atoms with van der Waals surface area (Å²) in [7, 11) is 0. The highest BCUT2D eigenvalue weighted by Gasteiger charge is 2.19. The second kappa shape index (κ2) is 7.35. The van der Waals surface area contributed by atoms with Gasteiger partial charge in [-0.15, -0.1) is 0 Å². The number of aromatic nitrogens is 1. The van der Waals surface area contributed by atoms with Crippen LogP contribution in [-0.2, 0) is 13.1 Å². The van der Waals surface area contributed by atoms with Gasteiger partial charge in [-0.2, -0.15) is 0 Å². The van der Waals surface area contributed by atoms with Gasteiger partial charge < -0.3 is 9.88 Å². The van der Waals surface area contributed by atoms with Crippen LogP contribution in [-0.4, -0.2) is 10.5 Å². The third kappa shape index (κ3) is 3.21. The van der Waals surface area contributed by atoms with Crippen molar-refractivity contribution >= 4 is 16.8 Å². The van der Waals surface area contributed by atoms with Crippen molar-refractivity contribution in [2.45, 2.75) is 39.8 Å². The van der Waals surface area contributed by atoms with Crippen molar-refractivity contribution in [2.24, 2.45) is 0 Å². The summed E-state index contributed by atoms with van der Waals surface area (Å²) in [4.78, 5) is 12.9. The zero-order chi connectivity index (χ0) is 16.9. The van der Waals surface area contributed by atoms with Crippen LogP contribution in [0, 0.1) is 6.92 Å². The average Bonchev–Trinajstić information content (AvgIpc) is 2.91. The highest BCUT2D eigenvalue weighted by Crippen LogP contribution is 2.26. The first-order valence-electron chi connectivity index (χ1n) is 8.62. The Kier molecular flexibility index (Phi) is 4.99. The molecule has 1 heterocycles. The van der Waals surface area contributed by atoms with Crippen LogP contribution in [0.15, 0.2) is 54.6 Å². The van der Waals surface area contributed by atoms with Crippen LogP contribution in [0.1, 0.15) is 41.4 Å². The van der Waals surface area contributed by atoms with Crippen molar-refractivity contribution in [1.29, 1.82) is 0 Å². The molecule has 3 rings (SSSR count). The van der Waals surface area contributed by atoms with Crippen LogP contribution in [0.5, 0.6) is 0 Å². The van der Waals surface area contributed by atoms with Crippen molar-refractivity contribution in [3.63, 3.8) is 0 Å². The molecule has 0 atom stereocenters. The molecule has 2 aromatic carbocycles. The maximum Gasteiger partial charge on any atom is 0.268 e. The second-order valence-corrected chi connectivity index (χ2v) is 6.16. The van der Waals surface area contributed by atoms with Gasteiger partial charge in [0.25, 0.3) is 5.91 Å². The quantitative estimate of drug-likeness (QED) is 0.703. The molecule has 0 aliphatic heterocycles. The normalized spacial score (nSPS) is 10.9. The van der Waals surface area contributed by atoms with E-state index in [4.69, 9.17) is 0 Å². The summed E-state index contributed by atoms with van der Waals surface area (Å²) in [5.74, 6) is 0.00339. The monoisotopic (exact) mass is 320 g/mol. The molecular formula is C21H24N2O. The Bertz CT molecular complexity index is 834. The molecule has 124 valence electrons. The number of benzene rings is 2. The van der Waals surface area contributed by atoms with Gasteiger partial charge in [0.1, 0.15) is 5.69 Å². The summed E-state index contributed by atoms with van der Waals surface area (Å²) in [5, 5.41) is 4.24. The van der Waals surface area contributed by atoms with Crippen molar-refractivity contribution in [1.82, 2.24) is 9.88 Å². The Morgan fingerprint density at radius 1 is 1.04 bits per heavy atom. The number of amides is 1. The summed E-state index contributed by atoms with van der Waals surface area (Å²) in [5.41, 5.74) is 4.11. The maximum absolute atomic E-state index is 12.9. The molecule has 0 spiro atoms. The van der Waals surface area contributed by atoms with Crippen LogP contribution >= 0.6 is 0 Å². The lowest BCUT2D eigenvalue weighted by Gasteiger charge is -2.11. The highest BCUT2D eigenvalue weighted by atomic mass is 16.1. The first-order chi connectivity index (χ1) is 11.7. The number of hydrogen-bond acceptors (Lipinski definition) is 1. The molecular weight excluding hydrogens is 296 g/mol. The molecule has 0 unspecified atom stereocenters. The standard InChI is InChI=1S/C21H24N2O/c1-3-4-14-23-19-13-9-8-12-18(19)16(2)20(23)21(24)22-15-17-10-6-5-7-11-17/h5-13H,3-4,14-15H2,1-2H3,(H,22,24). The summed E-state index contributed by atoms with van der Waals surface area (Å²) < 4.78 is 2.18. The van der Waals surface area contributed by atoms with Gasteiger partial charge in [-0.3, -0.25) is 4.79 Å². The molecule has 3 nitrogen and oxygen atoms in total. The van der Waals surface area contributed by atoms with Crippen LogP contribution in [0.4, 0.5) is 0 Å². The number of fused-ring (bicyclic) bond motifs is 1. The van der Waals surface area contributed by atoms with Crippen molar-refractivity contribution in [3.05, 3.63) is 71.4 Å². The van der Waals surface area contributed by atoms with E-state index in [1.165, 1.54) is 5.39 Å². The molecule has 0 fully saturated rings. The summed E-state index contributed by atoms with van der Waals surface area (Å²) >= 11 is 0. The Labute approximate surface area is 143 Å². The van der Waals surface area contributed by atoms with Gasteiger partial charge in [0.15, 0.2) is 0 Å². The molecule has 1 amide bonds. The number of nitrogens with zero attached hydrogens (tertiary/aromatic N) is 1. The number of unbranched alkanes of at least 4 members (excludes halogenated alkanes) is 1. The summed E-state index contributed by atoms with van der Waals surface area (Å²) in [6.45, 7) is 5.64. The van der Waals surface area contributed by atoms with Crippen molar-refractivity contribution in [3.8, 4) is 0 Å². The van der Waals surface area contributed by atoms with Crippen LogP contribution in [0.25, 0.3) is 10.9 Å². The molecule has 0 saturated carbocycles. The fourth-order valence-corrected chi connectivity index (χ4v) is 3.18. The fraction of sp³-hybridized carbons (Fsp3) is 0.286. The first-order valence-corrected chi connectivity index (χ1v) is 8.62. The first kappa shape index (κ1) is 16.3. The maximum atomic E-state index is 12.9. The third-order valence-electron chi connectivity index (χ3n) is 4.47. The van der Waals surface area contributed by atoms with Gasteiger partial charge in [-0.25, -0.2) is 0 Å². The molecule has 1 aromatic heterocycles. The highest BCUT2D eigenvalue weighted by molar-refractivity contribution is 6.01. The molecule has 0 aliphatic carbocycles. The molecule has 0 aliphatic rings. The van der Waals surface area contributed by atoms with E-state index in [9.17, 15) is 4.79 Å². The Hall–Kier alpha value is -2.55. The van der Waals surface area contributed by atoms with Crippen LogP contribution < -0.4 is 5.32 Å². The zero-order valence-electron chi connectivity index (χ0n) is 14.4. The minimum absolute atomic E-state index is 0.00339. The topological polar surface area (TPSA) is 34.0 Å². The largest absolute Gasteiger partial charge is 0.347 e. The lowest BCUT2D eigenvalue weighted by molar-refractivity contribution is 0.0941. The lowest BCUT2D eigenvalue weighted by atomic mass is 10.1. The van der Waals surface area contributed by atoms with Gasteiger partial charge in [0, 0.05) is 24.0 Å². The number of aryl methyl sites for hydroxylation is 2. The third-order valence-corrected chi connectivity index (χ3v) is 4.47. The summed E-state index contributed by atoms with van der Waals surface area (Å²) in [6.07, 6.45) is 2.17. The van der Waals surface area contributed by atoms with E-state index in [0.717, 1.165) is 41.7 Å². The minimum atomic E-state index is 0.00339. The second-order valence-electron chi connectivity index (χ2n) is 6.16. The summed E-state index contributed by atoms with van der Waals surface area (Å²) in [6, 6.07) is 18.3. The van der Waals surface area contributed by atoms with E-state index < -0.39 is 0 Å². The van der Waals surface area contributed by atoms with E-state index in [1.54, 1.807) is 0 Å². The number of carbonyl (C=O) groups is 1. The zero-order valence-corrected chi connectivity index (χ0v) is 14.4. The fourth-order valence-electron chi connectivity index (χ4n) is 3.18. The molecule has 24 heavy (non-hydrogen) atoms. The van der Waals surface area contributed by atoms with Gasteiger partial charge >= 0.3 is 0 Å². The number of para-hydroxylation sites is 1. The van der Waals surface area contributed by atoms with E-state index >= 15 is 0 Å². The number of rotatable bonds is 6. The number of hydrogen-bond donors (Lipinski definition) is 1. The van der Waals surface area contributed by atoms with Gasteiger partial charge in [0.05, 0.1) is 0 Å². The van der Waals surface area contributed by atoms with Crippen LogP contribution in [0.3, 0.4) is 0 Å². The number of nitrogens with one attached hydrogen (secondary N) is 1. The molecule has 3 aromatic rings. The van der Waals surface area contributed by atoms with Gasteiger partial charge in [-0.1, -0.05) is 61.9 Å². The average molecular weight is 320 g/mol. The molecule has 0 saturated heterocycles. The SMILES string of the molecule is CCCCn1c(C(=O)NCc2ccccc2)c(C)c2ccccc21. The molecule has 0 radical (unpaired) electrons. The molecule has 0 bridgehead atoms. The molecule has 3 heteroatoms. The Morgan fingerprint density at radius 2 is 1.75 bits per heavy atom. The predicted molar refractivity (Wildman–Crippen MR) is 99.2 cm³/mol. The van der Waals surface area contributed by atoms with Gasteiger partial charge in [0.2, 0.25) is 0 Å². The lowest BCUT2D eigenvalue weighted by Crippen LogP contribution is -2.26. The molecule has 1 N–H and O–H groups in total. The predicted octanol–water partition coefficient (Wildman–Crippen LogP) is 4.68. The van der Waals surface area contributed by atoms with Crippen molar-refractivity contribution < 1.29 is 4.79 Å². The van der Waals surface area contributed by atoms with Gasteiger partial charge in [-0.05, 0) is 30.5 Å². The van der Waals surface area contributed by atoms with E-state index in [1.807, 2.05) is 49.4 Å². The van der Waals surface area contributed by atoms with Crippen LogP contribution in [0.2, 0.25) is 0 Å². The minimum Gasteiger partial charge on any atom is -0.347 e. The number of carbonyl (C=O) groups excluding carboxylic acids is 1.